The molecule has 1 heterocycles. The van der Waals surface area contributed by atoms with E-state index in [0.717, 1.165) is 23.5 Å². The van der Waals surface area contributed by atoms with Gasteiger partial charge in [0.05, 0.1) is 5.02 Å². The number of nitrogens with one attached hydrogen (secondary N) is 1. The number of anilines is 2. The van der Waals surface area contributed by atoms with Gasteiger partial charge in [-0.2, -0.15) is 0 Å². The average molecular weight is 323 g/mol. The average Bonchev–Trinajstić information content (AvgIpc) is 2.68. The minimum absolute atomic E-state index is 0.0375. The van der Waals surface area contributed by atoms with Crippen LogP contribution < -0.4 is 10.5 Å². The topological polar surface area (TPSA) is 98.0 Å². The maximum absolute atomic E-state index is 13.7. The Kier molecular flexibility index (Phi) is 3.61. The van der Waals surface area contributed by atoms with Gasteiger partial charge < -0.3 is 5.73 Å². The molecular weight excluding hydrogens is 315 g/mol. The largest absolute Gasteiger partial charge is 0.399 e. The summed E-state index contributed by atoms with van der Waals surface area (Å²) in [5.74, 6) is -1.07. The van der Waals surface area contributed by atoms with Gasteiger partial charge in [0, 0.05) is 5.69 Å². The van der Waals surface area contributed by atoms with Gasteiger partial charge in [-0.05, 0) is 19.1 Å². The van der Waals surface area contributed by atoms with E-state index in [-0.39, 0.29) is 15.8 Å². The van der Waals surface area contributed by atoms with Crippen molar-refractivity contribution in [3.8, 4) is 0 Å². The van der Waals surface area contributed by atoms with Gasteiger partial charge in [0.25, 0.3) is 10.0 Å². The van der Waals surface area contributed by atoms with Gasteiger partial charge in [0.2, 0.25) is 5.13 Å². The summed E-state index contributed by atoms with van der Waals surface area (Å²) >= 11 is 6.58. The molecule has 3 N–H and O–H groups in total. The number of benzene rings is 1. The Morgan fingerprint density at radius 2 is 2.11 bits per heavy atom. The van der Waals surface area contributed by atoms with Crippen LogP contribution >= 0.6 is 22.9 Å². The zero-order valence-corrected chi connectivity index (χ0v) is 11.9. The van der Waals surface area contributed by atoms with E-state index in [0.29, 0.717) is 5.01 Å². The van der Waals surface area contributed by atoms with E-state index < -0.39 is 20.7 Å². The van der Waals surface area contributed by atoms with Gasteiger partial charge in [0.15, 0.2) is 5.82 Å². The Hall–Kier alpha value is -1.45. The molecule has 0 aliphatic carbocycles. The van der Waals surface area contributed by atoms with Crippen molar-refractivity contribution in [2.45, 2.75) is 11.8 Å². The van der Waals surface area contributed by atoms with E-state index in [2.05, 4.69) is 14.9 Å². The summed E-state index contributed by atoms with van der Waals surface area (Å²) in [6.45, 7) is 1.66. The van der Waals surface area contributed by atoms with Gasteiger partial charge in [-0.25, -0.2) is 12.8 Å². The monoisotopic (exact) mass is 322 g/mol. The van der Waals surface area contributed by atoms with Crippen LogP contribution in [0.3, 0.4) is 0 Å². The normalized spacial score (nSPS) is 11.5. The van der Waals surface area contributed by atoms with Crippen LogP contribution in [0.25, 0.3) is 0 Å². The summed E-state index contributed by atoms with van der Waals surface area (Å²) in [6, 6.07) is 2.11. The smallest absolute Gasteiger partial charge is 0.266 e. The molecule has 1 aromatic heterocycles. The van der Waals surface area contributed by atoms with Crippen molar-refractivity contribution in [1.82, 2.24) is 10.2 Å². The summed E-state index contributed by atoms with van der Waals surface area (Å²) in [4.78, 5) is -0.634. The second kappa shape index (κ2) is 4.91. The number of nitrogens with zero attached hydrogens (tertiary/aromatic N) is 2. The first-order valence-corrected chi connectivity index (χ1v) is 7.55. The molecule has 2 aromatic rings. The van der Waals surface area contributed by atoms with Crippen LogP contribution in [0.15, 0.2) is 17.0 Å². The summed E-state index contributed by atoms with van der Waals surface area (Å²) in [5.41, 5.74) is 5.50. The number of aromatic nitrogens is 2. The maximum atomic E-state index is 13.7. The highest BCUT2D eigenvalue weighted by Gasteiger charge is 2.23. The summed E-state index contributed by atoms with van der Waals surface area (Å²) in [7, 11) is -4.16. The first kappa shape index (κ1) is 14.0. The van der Waals surface area contributed by atoms with Crippen LogP contribution in [0.2, 0.25) is 5.02 Å². The molecule has 102 valence electrons. The van der Waals surface area contributed by atoms with Gasteiger partial charge in [0.1, 0.15) is 9.90 Å². The molecule has 0 saturated heterocycles. The molecule has 19 heavy (non-hydrogen) atoms. The number of aryl methyl sites for hydroxylation is 1. The lowest BCUT2D eigenvalue weighted by Crippen LogP contribution is -2.15. The zero-order valence-electron chi connectivity index (χ0n) is 9.52. The first-order chi connectivity index (χ1) is 8.79. The lowest BCUT2D eigenvalue weighted by molar-refractivity contribution is 0.570. The molecule has 6 nitrogen and oxygen atoms in total. The number of nitrogens with two attached hydrogens (primary N) is 1. The minimum Gasteiger partial charge on any atom is -0.399 e. The third-order valence-corrected chi connectivity index (χ3v) is 4.55. The second-order valence-corrected chi connectivity index (χ2v) is 6.79. The SMILES string of the molecule is Cc1nnc(NS(=O)(=O)c2cc(N)cc(Cl)c2F)s1. The molecule has 0 atom stereocenters. The third-order valence-electron chi connectivity index (χ3n) is 2.05. The lowest BCUT2D eigenvalue weighted by Gasteiger charge is -2.08. The minimum atomic E-state index is -4.16. The number of hydrogen-bond donors (Lipinski definition) is 2. The molecule has 0 spiro atoms. The quantitative estimate of drug-likeness (QED) is 0.842. The van der Waals surface area contributed by atoms with Crippen molar-refractivity contribution in [1.29, 1.82) is 0 Å². The lowest BCUT2D eigenvalue weighted by atomic mass is 10.3. The van der Waals surface area contributed by atoms with Crippen LogP contribution in [0.4, 0.5) is 15.2 Å². The van der Waals surface area contributed by atoms with Crippen molar-refractivity contribution in [3.05, 3.63) is 28.0 Å². The predicted octanol–water partition coefficient (Wildman–Crippen LogP) is 2.02. The van der Waals surface area contributed by atoms with Crippen LogP contribution in [0.1, 0.15) is 5.01 Å². The molecule has 0 aliphatic rings. The van der Waals surface area contributed by atoms with Crippen molar-refractivity contribution in [2.24, 2.45) is 0 Å². The number of sulfonamides is 1. The van der Waals surface area contributed by atoms with Gasteiger partial charge in [-0.1, -0.05) is 22.9 Å². The van der Waals surface area contributed by atoms with Crippen molar-refractivity contribution in [3.63, 3.8) is 0 Å². The number of nitrogen functional groups attached to an aromatic ring is 1. The molecule has 0 radical (unpaired) electrons. The first-order valence-electron chi connectivity index (χ1n) is 4.87. The van der Waals surface area contributed by atoms with Crippen molar-refractivity contribution >= 4 is 43.8 Å². The molecule has 0 fully saturated rings. The van der Waals surface area contributed by atoms with E-state index in [4.69, 9.17) is 17.3 Å². The summed E-state index contributed by atoms with van der Waals surface area (Å²) in [6.07, 6.45) is 0. The molecule has 0 saturated carbocycles. The fourth-order valence-electron chi connectivity index (χ4n) is 1.29. The van der Waals surface area contributed by atoms with E-state index >= 15 is 0 Å². The van der Waals surface area contributed by atoms with Crippen LogP contribution in [0, 0.1) is 12.7 Å². The molecular formula is C9H8ClFN4O2S2. The van der Waals surface area contributed by atoms with E-state index in [1.807, 2.05) is 0 Å². The molecule has 0 bridgehead atoms. The predicted molar refractivity (Wildman–Crippen MR) is 71.3 cm³/mol. The number of halogens is 2. The summed E-state index contributed by atoms with van der Waals surface area (Å²) in [5, 5.41) is 7.49. The van der Waals surface area contributed by atoms with E-state index in [1.54, 1.807) is 6.92 Å². The Labute approximate surface area is 117 Å². The number of hydrogen-bond acceptors (Lipinski definition) is 6. The molecule has 10 heteroatoms. The Balaban J connectivity index is 2.45. The highest BCUT2D eigenvalue weighted by Crippen LogP contribution is 2.27. The van der Waals surface area contributed by atoms with Crippen molar-refractivity contribution in [2.75, 3.05) is 10.5 Å². The highest BCUT2D eigenvalue weighted by atomic mass is 35.5. The standard InChI is InChI=1S/C9H8ClFN4O2S2/c1-4-13-14-9(18-4)15-19(16,17)7-3-5(12)2-6(10)8(7)11/h2-3H,12H2,1H3,(H,14,15). The molecule has 0 aliphatic heterocycles. The van der Waals surface area contributed by atoms with Crippen LogP contribution in [-0.2, 0) is 10.0 Å². The Bertz CT molecular complexity index is 732. The molecule has 2 rings (SSSR count). The summed E-state index contributed by atoms with van der Waals surface area (Å²) < 4.78 is 39.9. The maximum Gasteiger partial charge on any atom is 0.266 e. The highest BCUT2D eigenvalue weighted by molar-refractivity contribution is 7.93. The van der Waals surface area contributed by atoms with Crippen LogP contribution in [-0.4, -0.2) is 18.6 Å². The zero-order chi connectivity index (χ0) is 14.2. The van der Waals surface area contributed by atoms with Gasteiger partial charge in [-0.15, -0.1) is 10.2 Å². The van der Waals surface area contributed by atoms with Crippen molar-refractivity contribution < 1.29 is 12.8 Å². The fourth-order valence-corrected chi connectivity index (χ4v) is 3.53. The van der Waals surface area contributed by atoms with E-state index in [1.165, 1.54) is 0 Å². The van der Waals surface area contributed by atoms with Crippen LogP contribution in [0.5, 0.6) is 0 Å². The Morgan fingerprint density at radius 3 is 2.68 bits per heavy atom. The fraction of sp³-hybridized carbons (Fsp3) is 0.111. The third kappa shape index (κ3) is 2.94. The number of rotatable bonds is 3. The van der Waals surface area contributed by atoms with E-state index in [9.17, 15) is 12.8 Å². The van der Waals surface area contributed by atoms with Gasteiger partial charge in [-0.3, -0.25) is 4.72 Å². The second-order valence-electron chi connectivity index (χ2n) is 3.55. The Morgan fingerprint density at radius 1 is 1.42 bits per heavy atom. The molecule has 0 amide bonds. The molecule has 1 aromatic carbocycles. The van der Waals surface area contributed by atoms with Gasteiger partial charge >= 0.3 is 0 Å². The molecule has 0 unspecified atom stereocenters.